The molecule has 70 valence electrons. The van der Waals surface area contributed by atoms with Gasteiger partial charge in [0.1, 0.15) is 6.07 Å². The van der Waals surface area contributed by atoms with E-state index in [1.807, 2.05) is 6.07 Å². The van der Waals surface area contributed by atoms with Crippen LogP contribution in [-0.2, 0) is 6.42 Å². The normalized spacial score (nSPS) is 10.4. The third-order valence-electron chi connectivity index (χ3n) is 2.66. The maximum absolute atomic E-state index is 8.97. The van der Waals surface area contributed by atoms with Crippen molar-refractivity contribution in [1.82, 2.24) is 4.98 Å². The Morgan fingerprint density at radius 3 is 2.86 bits per heavy atom. The minimum absolute atomic E-state index is 0.751. The van der Waals surface area contributed by atoms with E-state index >= 15 is 0 Å². The number of nitriles is 1. The second kappa shape index (κ2) is 3.19. The number of benzene rings is 1. The Kier molecular flexibility index (Phi) is 2.01. The van der Waals surface area contributed by atoms with Crippen LogP contribution >= 0.6 is 0 Å². The molecule has 0 saturated carbocycles. The standard InChI is InChI=1S/C12H12N2/c1-3-10-8(2)4-5-11-12(10)9(6-13)7-14-11/h4-5,7,14H,3H2,1-2H3. The van der Waals surface area contributed by atoms with Crippen LogP contribution in [0.3, 0.4) is 0 Å². The molecule has 0 saturated heterocycles. The second-order valence-electron chi connectivity index (χ2n) is 3.45. The highest BCUT2D eigenvalue weighted by molar-refractivity contribution is 5.89. The molecule has 1 N–H and O–H groups in total. The lowest BCUT2D eigenvalue weighted by molar-refractivity contribution is 1.13. The summed E-state index contributed by atoms with van der Waals surface area (Å²) in [6.45, 7) is 4.21. The number of hydrogen-bond acceptors (Lipinski definition) is 1. The minimum atomic E-state index is 0.751. The molecule has 1 aromatic carbocycles. The second-order valence-corrected chi connectivity index (χ2v) is 3.45. The summed E-state index contributed by atoms with van der Waals surface area (Å²) in [4.78, 5) is 3.12. The van der Waals surface area contributed by atoms with Gasteiger partial charge >= 0.3 is 0 Å². The van der Waals surface area contributed by atoms with Crippen LogP contribution in [0.25, 0.3) is 10.9 Å². The Balaban J connectivity index is 2.90. The first kappa shape index (κ1) is 8.83. The number of rotatable bonds is 1. The monoisotopic (exact) mass is 184 g/mol. The van der Waals surface area contributed by atoms with Gasteiger partial charge < -0.3 is 4.98 Å². The Bertz CT molecular complexity index is 515. The number of aromatic nitrogens is 1. The highest BCUT2D eigenvalue weighted by atomic mass is 14.7. The molecule has 2 heteroatoms. The number of nitrogens with one attached hydrogen (secondary N) is 1. The van der Waals surface area contributed by atoms with Gasteiger partial charge in [-0.3, -0.25) is 0 Å². The zero-order valence-corrected chi connectivity index (χ0v) is 8.39. The van der Waals surface area contributed by atoms with Gasteiger partial charge in [-0.15, -0.1) is 0 Å². The first-order chi connectivity index (χ1) is 6.77. The van der Waals surface area contributed by atoms with E-state index in [0.29, 0.717) is 0 Å². The van der Waals surface area contributed by atoms with E-state index in [9.17, 15) is 0 Å². The number of aryl methyl sites for hydroxylation is 2. The van der Waals surface area contributed by atoms with Crippen molar-refractivity contribution in [2.45, 2.75) is 20.3 Å². The highest BCUT2D eigenvalue weighted by Crippen LogP contribution is 2.25. The summed E-state index contributed by atoms with van der Waals surface area (Å²) in [5, 5.41) is 10.1. The summed E-state index contributed by atoms with van der Waals surface area (Å²) in [6.07, 6.45) is 2.75. The van der Waals surface area contributed by atoms with Gasteiger partial charge in [-0.25, -0.2) is 0 Å². The summed E-state index contributed by atoms with van der Waals surface area (Å²) in [6, 6.07) is 6.35. The molecule has 1 aromatic heterocycles. The molecule has 2 rings (SSSR count). The van der Waals surface area contributed by atoms with Gasteiger partial charge in [0.25, 0.3) is 0 Å². The van der Waals surface area contributed by atoms with Gasteiger partial charge in [-0.05, 0) is 30.5 Å². The van der Waals surface area contributed by atoms with E-state index in [-0.39, 0.29) is 0 Å². The molecule has 0 unspecified atom stereocenters. The van der Waals surface area contributed by atoms with E-state index in [0.717, 1.165) is 22.9 Å². The van der Waals surface area contributed by atoms with E-state index < -0.39 is 0 Å². The fourth-order valence-electron chi connectivity index (χ4n) is 1.95. The smallest absolute Gasteiger partial charge is 0.101 e. The summed E-state index contributed by atoms with van der Waals surface area (Å²) >= 11 is 0. The molecular formula is C12H12N2. The molecule has 0 amide bonds. The summed E-state index contributed by atoms with van der Waals surface area (Å²) in [5.41, 5.74) is 4.35. The molecule has 1 heterocycles. The highest BCUT2D eigenvalue weighted by Gasteiger charge is 2.08. The molecule has 0 aliphatic rings. The number of H-pyrrole nitrogens is 1. The molecule has 0 spiro atoms. The molecule has 0 fully saturated rings. The largest absolute Gasteiger partial charge is 0.360 e. The molecule has 0 bridgehead atoms. The van der Waals surface area contributed by atoms with E-state index in [4.69, 9.17) is 5.26 Å². The number of aromatic amines is 1. The summed E-state index contributed by atoms with van der Waals surface area (Å²) in [5.74, 6) is 0. The van der Waals surface area contributed by atoms with Gasteiger partial charge in [0.05, 0.1) is 5.56 Å². The Morgan fingerprint density at radius 2 is 2.21 bits per heavy atom. The molecule has 0 radical (unpaired) electrons. The quantitative estimate of drug-likeness (QED) is 0.727. The van der Waals surface area contributed by atoms with Crippen LogP contribution in [0.1, 0.15) is 23.6 Å². The van der Waals surface area contributed by atoms with Crippen molar-refractivity contribution in [2.75, 3.05) is 0 Å². The number of hydrogen-bond donors (Lipinski definition) is 1. The van der Waals surface area contributed by atoms with Crippen LogP contribution in [0.5, 0.6) is 0 Å². The third-order valence-corrected chi connectivity index (χ3v) is 2.66. The summed E-state index contributed by atoms with van der Waals surface area (Å²) in [7, 11) is 0. The lowest BCUT2D eigenvalue weighted by atomic mass is 10.00. The molecule has 2 aromatic rings. The van der Waals surface area contributed by atoms with Crippen LogP contribution in [0.2, 0.25) is 0 Å². The van der Waals surface area contributed by atoms with Crippen LogP contribution in [0.4, 0.5) is 0 Å². The fraction of sp³-hybridized carbons (Fsp3) is 0.250. The van der Waals surface area contributed by atoms with E-state index in [1.54, 1.807) is 6.20 Å². The fourth-order valence-corrected chi connectivity index (χ4v) is 1.95. The van der Waals surface area contributed by atoms with E-state index in [1.165, 1.54) is 11.1 Å². The van der Waals surface area contributed by atoms with E-state index in [2.05, 4.69) is 31.0 Å². The maximum Gasteiger partial charge on any atom is 0.101 e. The Hall–Kier alpha value is -1.75. The maximum atomic E-state index is 8.97. The first-order valence-corrected chi connectivity index (χ1v) is 4.77. The summed E-state index contributed by atoms with van der Waals surface area (Å²) < 4.78 is 0. The predicted molar refractivity (Wildman–Crippen MR) is 57.1 cm³/mol. The van der Waals surface area contributed by atoms with Crippen molar-refractivity contribution in [3.05, 3.63) is 35.0 Å². The minimum Gasteiger partial charge on any atom is -0.360 e. The van der Waals surface area contributed by atoms with Gasteiger partial charge in [0, 0.05) is 17.1 Å². The molecule has 2 nitrogen and oxygen atoms in total. The van der Waals surface area contributed by atoms with Gasteiger partial charge in [-0.2, -0.15) is 5.26 Å². The van der Waals surface area contributed by atoms with Gasteiger partial charge in [0.15, 0.2) is 0 Å². The Morgan fingerprint density at radius 1 is 1.43 bits per heavy atom. The molecule has 14 heavy (non-hydrogen) atoms. The molecule has 0 aliphatic carbocycles. The zero-order chi connectivity index (χ0) is 10.1. The predicted octanol–water partition coefficient (Wildman–Crippen LogP) is 2.91. The van der Waals surface area contributed by atoms with Crippen molar-refractivity contribution in [1.29, 1.82) is 5.26 Å². The van der Waals surface area contributed by atoms with Crippen LogP contribution in [0, 0.1) is 18.3 Å². The van der Waals surface area contributed by atoms with Crippen molar-refractivity contribution in [2.24, 2.45) is 0 Å². The molecule has 0 atom stereocenters. The van der Waals surface area contributed by atoms with Crippen LogP contribution < -0.4 is 0 Å². The zero-order valence-electron chi connectivity index (χ0n) is 8.39. The van der Waals surface area contributed by atoms with Crippen LogP contribution in [0.15, 0.2) is 18.3 Å². The Labute approximate surface area is 83.2 Å². The third kappa shape index (κ3) is 1.10. The van der Waals surface area contributed by atoms with Crippen molar-refractivity contribution in [3.8, 4) is 6.07 Å². The van der Waals surface area contributed by atoms with Gasteiger partial charge in [-0.1, -0.05) is 13.0 Å². The average molecular weight is 184 g/mol. The first-order valence-electron chi connectivity index (χ1n) is 4.77. The molecule has 0 aliphatic heterocycles. The van der Waals surface area contributed by atoms with Crippen LogP contribution in [-0.4, -0.2) is 4.98 Å². The average Bonchev–Trinajstić information content (AvgIpc) is 2.61. The SMILES string of the molecule is CCc1c(C)ccc2[nH]cc(C#N)c12. The number of nitrogens with zero attached hydrogens (tertiary/aromatic N) is 1. The lowest BCUT2D eigenvalue weighted by Gasteiger charge is -2.04. The van der Waals surface area contributed by atoms with Crippen molar-refractivity contribution in [3.63, 3.8) is 0 Å². The van der Waals surface area contributed by atoms with Gasteiger partial charge in [0.2, 0.25) is 0 Å². The molecular weight excluding hydrogens is 172 g/mol. The topological polar surface area (TPSA) is 39.6 Å². The number of fused-ring (bicyclic) bond motifs is 1. The van der Waals surface area contributed by atoms with Crippen molar-refractivity contribution >= 4 is 10.9 Å². The van der Waals surface area contributed by atoms with Crippen molar-refractivity contribution < 1.29 is 0 Å². The lowest BCUT2D eigenvalue weighted by Crippen LogP contribution is -1.88.